The van der Waals surface area contributed by atoms with E-state index in [1.807, 2.05) is 0 Å². The van der Waals surface area contributed by atoms with Crippen LogP contribution in [0.5, 0.6) is 0 Å². The van der Waals surface area contributed by atoms with Crippen molar-refractivity contribution < 1.29 is 0 Å². The van der Waals surface area contributed by atoms with Crippen molar-refractivity contribution in [2.75, 3.05) is 0 Å². The zero-order valence-corrected chi connectivity index (χ0v) is 32.0. The maximum absolute atomic E-state index is 5.60. The summed E-state index contributed by atoms with van der Waals surface area (Å²) in [5, 5.41) is 3.86. The molecule has 9 aliphatic rings. The third-order valence-corrected chi connectivity index (χ3v) is 13.4. The van der Waals surface area contributed by atoms with Crippen LogP contribution in [0.4, 0.5) is 0 Å². The van der Waals surface area contributed by atoms with Gasteiger partial charge in [-0.05, 0) is 125 Å². The molecule has 0 radical (unpaired) electrons. The van der Waals surface area contributed by atoms with Crippen molar-refractivity contribution in [2.24, 2.45) is 56.4 Å². The minimum absolute atomic E-state index is 0.0244. The summed E-state index contributed by atoms with van der Waals surface area (Å²) in [7, 11) is 0. The summed E-state index contributed by atoms with van der Waals surface area (Å²) >= 11 is 0. The zero-order valence-electron chi connectivity index (χ0n) is 32.0. The first-order chi connectivity index (χ1) is 26.7. The quantitative estimate of drug-likeness (QED) is 0.250. The Balaban J connectivity index is 0.978. The Morgan fingerprint density at radius 1 is 0.593 bits per heavy atom. The van der Waals surface area contributed by atoms with Gasteiger partial charge in [-0.1, -0.05) is 121 Å². The van der Waals surface area contributed by atoms with Crippen molar-refractivity contribution in [3.63, 3.8) is 0 Å². The van der Waals surface area contributed by atoms with Crippen LogP contribution in [-0.2, 0) is 0 Å². The molecule has 0 bridgehead atoms. The van der Waals surface area contributed by atoms with Crippen molar-refractivity contribution in [1.29, 1.82) is 0 Å². The van der Waals surface area contributed by atoms with E-state index < -0.39 is 0 Å². The highest BCUT2D eigenvalue weighted by Crippen LogP contribution is 2.41. The van der Waals surface area contributed by atoms with Crippen LogP contribution >= 0.6 is 0 Å². The monoisotopic (exact) mass is 714 g/mol. The lowest BCUT2D eigenvalue weighted by molar-refractivity contribution is 0.344. The Kier molecular flexibility index (Phi) is 10.9. The molecule has 4 heteroatoms. The number of amidine groups is 2. The van der Waals surface area contributed by atoms with Gasteiger partial charge in [0.2, 0.25) is 0 Å². The molecule has 0 aromatic carbocycles. The Hall–Kier alpha value is -4.31. The average Bonchev–Trinajstić information content (AvgIpc) is 3.27. The molecule has 0 fully saturated rings. The first-order valence-corrected chi connectivity index (χ1v) is 21.5. The van der Waals surface area contributed by atoms with Crippen LogP contribution in [0.3, 0.4) is 0 Å². The summed E-state index contributed by atoms with van der Waals surface area (Å²) < 4.78 is 0. The standard InChI is InChI=1S/C50H58N4/c1-5-14-35(15-6-1)37-24-28-41(29-25-37)48-52-49(42-30-26-38(27-31-42)36-16-7-2-8-17-36)54-50(53-48)44-23-13-22-43(34-44)46-33-32-45(39-18-9-3-10-19-39)47(51-46)40-20-11-4-12-21-40/h1,4-6,9,11-14,16,18,20,22-24,26,28,30-31,35,37-41,43,48H,2-3,7-8,10,15,17,19,21,25,27,29,32-34H2,(H,52,53,54). The van der Waals surface area contributed by atoms with Gasteiger partial charge in [0.15, 0.2) is 5.84 Å². The molecule has 7 aliphatic carbocycles. The van der Waals surface area contributed by atoms with Crippen molar-refractivity contribution >= 4 is 17.4 Å². The Bertz CT molecular complexity index is 1920. The molecule has 0 amide bonds. The molecule has 1 N–H and O–H groups in total. The van der Waals surface area contributed by atoms with Crippen LogP contribution in [0.1, 0.15) is 96.3 Å². The first kappa shape index (κ1) is 35.4. The number of hydrogen-bond donors (Lipinski definition) is 1. The number of aliphatic imine (C=N–C) groups is 3. The van der Waals surface area contributed by atoms with E-state index >= 15 is 0 Å². The fraction of sp³-hybridized carbons (Fsp3) is 0.460. The van der Waals surface area contributed by atoms with Crippen molar-refractivity contribution in [1.82, 2.24) is 5.32 Å². The van der Waals surface area contributed by atoms with E-state index in [-0.39, 0.29) is 12.1 Å². The Morgan fingerprint density at radius 3 is 2.24 bits per heavy atom. The number of hydrogen-bond acceptors (Lipinski definition) is 4. The molecular formula is C50H58N4. The highest BCUT2D eigenvalue weighted by atomic mass is 15.2. The maximum atomic E-state index is 5.60. The second-order valence-corrected chi connectivity index (χ2v) is 16.9. The van der Waals surface area contributed by atoms with E-state index in [1.54, 1.807) is 11.1 Å². The normalized spacial score (nSPS) is 34.8. The lowest BCUT2D eigenvalue weighted by Crippen LogP contribution is -2.44. The van der Waals surface area contributed by atoms with Crippen LogP contribution < -0.4 is 5.32 Å². The Labute approximate surface area is 324 Å². The van der Waals surface area contributed by atoms with Gasteiger partial charge < -0.3 is 5.32 Å². The smallest absolute Gasteiger partial charge is 0.155 e. The van der Waals surface area contributed by atoms with Crippen LogP contribution in [0, 0.1) is 41.4 Å². The first-order valence-electron chi connectivity index (χ1n) is 21.5. The van der Waals surface area contributed by atoms with E-state index in [4.69, 9.17) is 15.0 Å². The van der Waals surface area contributed by atoms with Gasteiger partial charge in [-0.15, -0.1) is 0 Å². The molecule has 8 unspecified atom stereocenters. The molecule has 0 saturated carbocycles. The fourth-order valence-electron chi connectivity index (χ4n) is 10.2. The van der Waals surface area contributed by atoms with Gasteiger partial charge in [-0.2, -0.15) is 0 Å². The molecule has 54 heavy (non-hydrogen) atoms. The van der Waals surface area contributed by atoms with Gasteiger partial charge >= 0.3 is 0 Å². The molecule has 0 saturated heterocycles. The molecule has 2 aliphatic heterocycles. The molecule has 0 aromatic rings. The predicted molar refractivity (Wildman–Crippen MR) is 227 cm³/mol. The molecule has 278 valence electrons. The SMILES string of the molecule is C1=CCC(C2=C(C3C=CCCC3)CCC(C3C=CC=C(C4=NC(C5C=CC(C6C=CC=CC6)CC5)NC(C5=CCC(C6=CCCCC6)C=C5)=N4)C3)=N2)C=C1. The number of rotatable bonds is 8. The molecule has 4 nitrogen and oxygen atoms in total. The fourth-order valence-corrected chi connectivity index (χ4v) is 10.2. The van der Waals surface area contributed by atoms with Crippen LogP contribution in [0.25, 0.3) is 0 Å². The van der Waals surface area contributed by atoms with Gasteiger partial charge in [0.05, 0.1) is 0 Å². The van der Waals surface area contributed by atoms with Crippen LogP contribution in [-0.4, -0.2) is 23.5 Å². The van der Waals surface area contributed by atoms with Crippen molar-refractivity contribution in [2.45, 2.75) is 102 Å². The number of allylic oxidation sites excluding steroid dienone is 19. The lowest BCUT2D eigenvalue weighted by Gasteiger charge is -2.34. The molecule has 0 aromatic heterocycles. The van der Waals surface area contributed by atoms with Gasteiger partial charge in [0.25, 0.3) is 0 Å². The zero-order chi connectivity index (χ0) is 36.1. The van der Waals surface area contributed by atoms with Gasteiger partial charge in [0, 0.05) is 40.7 Å². The molecule has 2 heterocycles. The topological polar surface area (TPSA) is 49.1 Å². The summed E-state index contributed by atoms with van der Waals surface area (Å²) in [6, 6.07) is 0. The second kappa shape index (κ2) is 16.6. The third-order valence-electron chi connectivity index (χ3n) is 13.4. The van der Waals surface area contributed by atoms with Crippen LogP contribution in [0.15, 0.2) is 158 Å². The summed E-state index contributed by atoms with van der Waals surface area (Å²) in [5.74, 6) is 5.18. The largest absolute Gasteiger partial charge is 0.347 e. The van der Waals surface area contributed by atoms with E-state index in [2.05, 4.69) is 121 Å². The highest BCUT2D eigenvalue weighted by Gasteiger charge is 2.33. The molecule has 9 rings (SSSR count). The number of nitrogens with one attached hydrogen (secondary N) is 1. The van der Waals surface area contributed by atoms with E-state index in [9.17, 15) is 0 Å². The van der Waals surface area contributed by atoms with Gasteiger partial charge in [-0.25, -0.2) is 9.98 Å². The van der Waals surface area contributed by atoms with E-state index in [0.29, 0.717) is 35.5 Å². The van der Waals surface area contributed by atoms with Crippen molar-refractivity contribution in [3.05, 3.63) is 143 Å². The van der Waals surface area contributed by atoms with Crippen molar-refractivity contribution in [3.8, 4) is 0 Å². The maximum Gasteiger partial charge on any atom is 0.155 e. The third kappa shape index (κ3) is 7.90. The van der Waals surface area contributed by atoms with Crippen LogP contribution in [0.2, 0.25) is 0 Å². The average molecular weight is 715 g/mol. The number of nitrogens with zero attached hydrogens (tertiary/aromatic N) is 3. The Morgan fingerprint density at radius 2 is 1.48 bits per heavy atom. The van der Waals surface area contributed by atoms with E-state index in [1.165, 1.54) is 73.9 Å². The highest BCUT2D eigenvalue weighted by molar-refractivity contribution is 6.14. The summed E-state index contributed by atoms with van der Waals surface area (Å²) in [4.78, 5) is 16.4. The van der Waals surface area contributed by atoms with E-state index in [0.717, 1.165) is 56.6 Å². The molecular weight excluding hydrogens is 657 g/mol. The van der Waals surface area contributed by atoms with Gasteiger partial charge in [-0.3, -0.25) is 4.99 Å². The minimum Gasteiger partial charge on any atom is -0.347 e. The minimum atomic E-state index is -0.0244. The molecule has 0 spiro atoms. The second-order valence-electron chi connectivity index (χ2n) is 16.9. The van der Waals surface area contributed by atoms with Gasteiger partial charge in [0.1, 0.15) is 12.0 Å². The lowest BCUT2D eigenvalue weighted by atomic mass is 9.77. The summed E-state index contributed by atoms with van der Waals surface area (Å²) in [6.45, 7) is 0. The summed E-state index contributed by atoms with van der Waals surface area (Å²) in [6.07, 6.45) is 62.2. The molecule has 8 atom stereocenters. The summed E-state index contributed by atoms with van der Waals surface area (Å²) in [5.41, 5.74) is 8.35. The predicted octanol–water partition coefficient (Wildman–Crippen LogP) is 11.9.